The summed E-state index contributed by atoms with van der Waals surface area (Å²) in [6.07, 6.45) is 1.90. The van der Waals surface area contributed by atoms with Crippen molar-refractivity contribution in [3.8, 4) is 0 Å². The van der Waals surface area contributed by atoms with Crippen molar-refractivity contribution >= 4 is 16.9 Å². The highest BCUT2D eigenvalue weighted by Crippen LogP contribution is 2.16. The summed E-state index contributed by atoms with van der Waals surface area (Å²) >= 11 is 0. The third kappa shape index (κ3) is 4.19. The summed E-state index contributed by atoms with van der Waals surface area (Å²) in [5.41, 5.74) is 2.19. The number of likely N-dealkylation sites (N-methyl/N-ethyl adjacent to an activating group) is 1. The number of fused-ring (bicyclic) bond motifs is 1. The predicted molar refractivity (Wildman–Crippen MR) is 101 cm³/mol. The molecule has 6 nitrogen and oxygen atoms in total. The van der Waals surface area contributed by atoms with Gasteiger partial charge in [-0.1, -0.05) is 12.1 Å². The smallest absolute Gasteiger partial charge is 0.234 e. The fourth-order valence-corrected chi connectivity index (χ4v) is 3.62. The van der Waals surface area contributed by atoms with Gasteiger partial charge in [0.05, 0.1) is 17.6 Å². The number of carbonyl (C=O) groups excluding carboxylic acids is 1. The van der Waals surface area contributed by atoms with Gasteiger partial charge in [-0.05, 0) is 39.6 Å². The maximum atomic E-state index is 12.2. The molecule has 25 heavy (non-hydrogen) atoms. The van der Waals surface area contributed by atoms with Crippen LogP contribution in [0.5, 0.6) is 0 Å². The van der Waals surface area contributed by atoms with Crippen LogP contribution in [0.15, 0.2) is 24.3 Å². The number of likely N-dealkylation sites (tertiary alicyclic amines) is 1. The zero-order valence-corrected chi connectivity index (χ0v) is 15.5. The zero-order valence-electron chi connectivity index (χ0n) is 15.5. The summed E-state index contributed by atoms with van der Waals surface area (Å²) in [7, 11) is 4.21. The van der Waals surface area contributed by atoms with E-state index in [4.69, 9.17) is 4.98 Å². The first-order chi connectivity index (χ1) is 12.1. The fraction of sp³-hybridized carbons (Fsp3) is 0.579. The first-order valence-corrected chi connectivity index (χ1v) is 9.18. The Morgan fingerprint density at radius 1 is 1.36 bits per heavy atom. The number of amides is 1. The van der Waals surface area contributed by atoms with Crippen LogP contribution in [0.25, 0.3) is 11.0 Å². The van der Waals surface area contributed by atoms with E-state index in [1.807, 2.05) is 18.2 Å². The van der Waals surface area contributed by atoms with E-state index in [0.29, 0.717) is 19.1 Å². The summed E-state index contributed by atoms with van der Waals surface area (Å²) in [6.45, 7) is 6.13. The lowest BCUT2D eigenvalue weighted by Gasteiger charge is -2.20. The van der Waals surface area contributed by atoms with Crippen LogP contribution in [0.2, 0.25) is 0 Å². The van der Waals surface area contributed by atoms with Gasteiger partial charge in [0.15, 0.2) is 0 Å². The van der Waals surface area contributed by atoms with E-state index in [1.54, 1.807) is 0 Å². The molecule has 1 N–H and O–H groups in total. The minimum atomic E-state index is 0.110. The van der Waals surface area contributed by atoms with Gasteiger partial charge in [-0.25, -0.2) is 4.98 Å². The molecule has 0 radical (unpaired) electrons. The Morgan fingerprint density at radius 2 is 2.16 bits per heavy atom. The van der Waals surface area contributed by atoms with E-state index >= 15 is 0 Å². The lowest BCUT2D eigenvalue weighted by molar-refractivity contribution is -0.122. The number of benzene rings is 1. The van der Waals surface area contributed by atoms with E-state index < -0.39 is 0 Å². The number of aryl methyl sites for hydroxylation is 1. The molecule has 0 unspecified atom stereocenters. The number of hydrogen-bond acceptors (Lipinski definition) is 4. The molecule has 1 aromatic heterocycles. The highest BCUT2D eigenvalue weighted by molar-refractivity contribution is 5.78. The Labute approximate surface area is 149 Å². The summed E-state index contributed by atoms with van der Waals surface area (Å²) in [5.74, 6) is 1.15. The molecule has 6 heteroatoms. The van der Waals surface area contributed by atoms with Crippen molar-refractivity contribution in [1.82, 2.24) is 24.7 Å². The van der Waals surface area contributed by atoms with Gasteiger partial charge in [-0.2, -0.15) is 0 Å². The van der Waals surface area contributed by atoms with Crippen LogP contribution >= 0.6 is 0 Å². The van der Waals surface area contributed by atoms with Gasteiger partial charge in [0.2, 0.25) is 5.91 Å². The first kappa shape index (κ1) is 17.9. The van der Waals surface area contributed by atoms with Crippen LogP contribution in [0.4, 0.5) is 0 Å². The maximum absolute atomic E-state index is 12.2. The molecule has 0 bridgehead atoms. The van der Waals surface area contributed by atoms with Crippen molar-refractivity contribution in [2.75, 3.05) is 40.3 Å². The third-order valence-corrected chi connectivity index (χ3v) is 5.07. The Morgan fingerprint density at radius 3 is 2.88 bits per heavy atom. The van der Waals surface area contributed by atoms with Crippen molar-refractivity contribution in [3.05, 3.63) is 30.1 Å². The summed E-state index contributed by atoms with van der Waals surface area (Å²) < 4.78 is 2.23. The van der Waals surface area contributed by atoms with Crippen molar-refractivity contribution in [3.63, 3.8) is 0 Å². The molecule has 1 atom stereocenters. The quantitative estimate of drug-likeness (QED) is 0.825. The molecule has 2 aromatic rings. The van der Waals surface area contributed by atoms with Crippen LogP contribution in [0, 0.1) is 0 Å². The van der Waals surface area contributed by atoms with Crippen LogP contribution in [0.1, 0.15) is 19.2 Å². The van der Waals surface area contributed by atoms with Gasteiger partial charge in [-0.15, -0.1) is 0 Å². The Bertz CT molecular complexity index is 724. The average molecular weight is 343 g/mol. The summed E-state index contributed by atoms with van der Waals surface area (Å²) in [5, 5.41) is 3.05. The topological polar surface area (TPSA) is 53.4 Å². The number of rotatable bonds is 7. The second-order valence-corrected chi connectivity index (χ2v) is 7.00. The van der Waals surface area contributed by atoms with Gasteiger partial charge >= 0.3 is 0 Å². The molecule has 0 aliphatic carbocycles. The second kappa shape index (κ2) is 7.97. The van der Waals surface area contributed by atoms with Crippen LogP contribution < -0.4 is 5.32 Å². The minimum absolute atomic E-state index is 0.110. The molecule has 136 valence electrons. The Hall–Kier alpha value is -1.92. The monoisotopic (exact) mass is 343 g/mol. The lowest BCUT2D eigenvalue weighted by Crippen LogP contribution is -2.38. The van der Waals surface area contributed by atoms with Crippen molar-refractivity contribution in [2.45, 2.75) is 32.4 Å². The van der Waals surface area contributed by atoms with Gasteiger partial charge in [-0.3, -0.25) is 9.69 Å². The van der Waals surface area contributed by atoms with Crippen LogP contribution in [-0.4, -0.2) is 71.6 Å². The lowest BCUT2D eigenvalue weighted by atomic mass is 10.2. The normalized spacial score (nSPS) is 18.3. The summed E-state index contributed by atoms with van der Waals surface area (Å²) in [4.78, 5) is 21.4. The molecule has 1 aromatic carbocycles. The molecule has 3 rings (SSSR count). The fourth-order valence-electron chi connectivity index (χ4n) is 3.62. The molecule has 1 fully saturated rings. The van der Waals surface area contributed by atoms with Gasteiger partial charge < -0.3 is 14.8 Å². The van der Waals surface area contributed by atoms with E-state index in [-0.39, 0.29) is 5.91 Å². The summed E-state index contributed by atoms with van der Waals surface area (Å²) in [6, 6.07) is 8.76. The van der Waals surface area contributed by atoms with E-state index in [9.17, 15) is 4.79 Å². The minimum Gasteiger partial charge on any atom is -0.355 e. The van der Waals surface area contributed by atoms with Crippen molar-refractivity contribution in [2.24, 2.45) is 0 Å². The van der Waals surface area contributed by atoms with Crippen molar-refractivity contribution in [1.29, 1.82) is 0 Å². The molecule has 1 saturated heterocycles. The van der Waals surface area contributed by atoms with E-state index in [0.717, 1.165) is 49.3 Å². The Kier molecular flexibility index (Phi) is 5.71. The number of para-hydroxylation sites is 2. The average Bonchev–Trinajstić information content (AvgIpc) is 3.18. The van der Waals surface area contributed by atoms with Gasteiger partial charge in [0.25, 0.3) is 0 Å². The number of aromatic nitrogens is 2. The molecular weight excluding hydrogens is 314 g/mol. The highest BCUT2D eigenvalue weighted by atomic mass is 16.2. The maximum Gasteiger partial charge on any atom is 0.234 e. The number of nitrogens with one attached hydrogen (secondary N) is 1. The molecular formula is C19H29N5O. The predicted octanol–water partition coefficient (Wildman–Crippen LogP) is 1.35. The van der Waals surface area contributed by atoms with Gasteiger partial charge in [0.1, 0.15) is 5.82 Å². The first-order valence-electron chi connectivity index (χ1n) is 9.18. The Balaban J connectivity index is 1.49. The number of hydrogen-bond donors (Lipinski definition) is 1. The molecule has 2 heterocycles. The van der Waals surface area contributed by atoms with Crippen molar-refractivity contribution < 1.29 is 4.79 Å². The molecule has 1 amide bonds. The molecule has 0 spiro atoms. The third-order valence-electron chi connectivity index (χ3n) is 5.07. The van der Waals surface area contributed by atoms with Gasteiger partial charge in [0, 0.05) is 38.6 Å². The van der Waals surface area contributed by atoms with E-state index in [2.05, 4.69) is 46.8 Å². The second-order valence-electron chi connectivity index (χ2n) is 7.00. The van der Waals surface area contributed by atoms with Crippen LogP contribution in [-0.2, 0) is 17.8 Å². The molecule has 1 aliphatic heterocycles. The molecule has 1 aliphatic rings. The van der Waals surface area contributed by atoms with E-state index in [1.165, 1.54) is 0 Å². The molecule has 0 saturated carbocycles. The largest absolute Gasteiger partial charge is 0.355 e. The highest BCUT2D eigenvalue weighted by Gasteiger charge is 2.25. The number of imidazole rings is 1. The standard InChI is InChI=1S/C19H29N5O/c1-4-24-17-8-6-5-7-16(17)21-18(24)9-11-20-19(25)14-23-12-10-15(13-23)22(2)3/h5-8,15H,4,9-14H2,1-3H3,(H,20,25)/t15-/m0/s1. The zero-order chi connectivity index (χ0) is 17.8. The number of carbonyl (C=O) groups is 1. The number of nitrogens with zero attached hydrogens (tertiary/aromatic N) is 4. The van der Waals surface area contributed by atoms with Crippen LogP contribution in [0.3, 0.4) is 0 Å². The SMILES string of the molecule is CCn1c(CCNC(=O)CN2CC[C@H](N(C)C)C2)nc2ccccc21.